The van der Waals surface area contributed by atoms with E-state index in [2.05, 4.69) is 20.6 Å². The summed E-state index contributed by atoms with van der Waals surface area (Å²) in [5.74, 6) is 0.884. The average molecular weight is 297 g/mol. The first-order chi connectivity index (χ1) is 9.99. The Kier molecular flexibility index (Phi) is 6.67. The third-order valence-corrected chi connectivity index (χ3v) is 2.78. The maximum absolute atomic E-state index is 12.0. The number of hydrogen-bond acceptors (Lipinski definition) is 6. The molecule has 0 saturated carbocycles. The minimum atomic E-state index is -0.338. The van der Waals surface area contributed by atoms with Crippen LogP contribution in [0.15, 0.2) is 6.33 Å². The molecule has 8 nitrogen and oxygen atoms in total. The highest BCUT2D eigenvalue weighted by atomic mass is 16.5. The number of carbonyl (C=O) groups is 1. The zero-order valence-corrected chi connectivity index (χ0v) is 13.1. The predicted molar refractivity (Wildman–Crippen MR) is 81.0 cm³/mol. The number of nitrogens with zero attached hydrogens (tertiary/aromatic N) is 3. The van der Waals surface area contributed by atoms with Gasteiger partial charge in [-0.2, -0.15) is 4.98 Å². The monoisotopic (exact) mass is 297 g/mol. The summed E-state index contributed by atoms with van der Waals surface area (Å²) in [6, 6.07) is -0.349. The molecule has 1 heterocycles. The van der Waals surface area contributed by atoms with Gasteiger partial charge in [-0.15, -0.1) is 0 Å². The molecule has 0 aliphatic heterocycles. The number of ether oxygens (including phenoxy) is 2. The van der Waals surface area contributed by atoms with E-state index < -0.39 is 0 Å². The van der Waals surface area contributed by atoms with Crippen molar-refractivity contribution >= 4 is 17.5 Å². The maximum atomic E-state index is 12.0. The van der Waals surface area contributed by atoms with Gasteiger partial charge in [0.05, 0.1) is 7.11 Å². The lowest BCUT2D eigenvalue weighted by Gasteiger charge is -2.19. The quantitative estimate of drug-likeness (QED) is 0.783. The Morgan fingerprint density at radius 3 is 2.67 bits per heavy atom. The van der Waals surface area contributed by atoms with E-state index >= 15 is 0 Å². The molecule has 21 heavy (non-hydrogen) atoms. The number of rotatable bonds is 7. The van der Waals surface area contributed by atoms with Gasteiger partial charge < -0.3 is 25.0 Å². The summed E-state index contributed by atoms with van der Waals surface area (Å²) in [6.45, 7) is 2.49. The van der Waals surface area contributed by atoms with Crippen molar-refractivity contribution in [2.24, 2.45) is 0 Å². The van der Waals surface area contributed by atoms with Gasteiger partial charge in [0.25, 0.3) is 0 Å². The molecule has 0 radical (unpaired) electrons. The van der Waals surface area contributed by atoms with Crippen LogP contribution in [0.2, 0.25) is 0 Å². The van der Waals surface area contributed by atoms with Gasteiger partial charge in [0.15, 0.2) is 5.82 Å². The van der Waals surface area contributed by atoms with Crippen molar-refractivity contribution in [1.29, 1.82) is 0 Å². The molecule has 0 aromatic carbocycles. The van der Waals surface area contributed by atoms with Crippen LogP contribution in [0.1, 0.15) is 13.3 Å². The van der Waals surface area contributed by atoms with E-state index in [1.165, 1.54) is 13.4 Å². The Balaban J connectivity index is 2.79. The Hall–Kier alpha value is -2.09. The van der Waals surface area contributed by atoms with Gasteiger partial charge in [-0.25, -0.2) is 9.78 Å². The molecule has 0 fully saturated rings. The molecule has 1 unspecified atom stereocenters. The van der Waals surface area contributed by atoms with Crippen LogP contribution < -0.4 is 20.3 Å². The highest BCUT2D eigenvalue weighted by Gasteiger charge is 2.17. The Morgan fingerprint density at radius 1 is 1.38 bits per heavy atom. The summed E-state index contributed by atoms with van der Waals surface area (Å²) in [6.07, 6.45) is 2.12. The first kappa shape index (κ1) is 17.0. The number of amides is 2. The van der Waals surface area contributed by atoms with E-state index in [-0.39, 0.29) is 12.1 Å². The van der Waals surface area contributed by atoms with Crippen LogP contribution in [0.25, 0.3) is 0 Å². The summed E-state index contributed by atoms with van der Waals surface area (Å²) in [7, 11) is 6.77. The molecule has 1 atom stereocenters. The SMILES string of the molecule is COCCC(C)NC(=O)Nc1c(OC)ncnc1N(C)C. The average Bonchev–Trinajstić information content (AvgIpc) is 2.44. The van der Waals surface area contributed by atoms with E-state index in [9.17, 15) is 4.79 Å². The van der Waals surface area contributed by atoms with Crippen molar-refractivity contribution in [3.8, 4) is 5.88 Å². The van der Waals surface area contributed by atoms with Crippen molar-refractivity contribution < 1.29 is 14.3 Å². The second kappa shape index (κ2) is 8.25. The summed E-state index contributed by atoms with van der Waals surface area (Å²) < 4.78 is 10.1. The zero-order chi connectivity index (χ0) is 15.8. The molecular weight excluding hydrogens is 274 g/mol. The predicted octanol–water partition coefficient (Wildman–Crippen LogP) is 1.10. The Labute approximate surface area is 124 Å². The minimum Gasteiger partial charge on any atom is -0.479 e. The third kappa shape index (κ3) is 5.07. The standard InChI is InChI=1S/C13H23N5O3/c1-9(6-7-20-4)16-13(19)17-10-11(18(2)3)14-8-15-12(10)21-5/h8-9H,6-7H2,1-5H3,(H2,16,17,19). The molecule has 0 aliphatic carbocycles. The molecule has 2 N–H and O–H groups in total. The molecule has 1 aromatic rings. The summed E-state index contributed by atoms with van der Waals surface area (Å²) >= 11 is 0. The molecule has 118 valence electrons. The van der Waals surface area contributed by atoms with E-state index in [0.717, 1.165) is 6.42 Å². The number of nitrogens with one attached hydrogen (secondary N) is 2. The molecule has 0 spiro atoms. The van der Waals surface area contributed by atoms with E-state index in [0.29, 0.717) is 24.0 Å². The highest BCUT2D eigenvalue weighted by Crippen LogP contribution is 2.29. The van der Waals surface area contributed by atoms with Crippen molar-refractivity contribution in [2.45, 2.75) is 19.4 Å². The van der Waals surface area contributed by atoms with E-state index in [4.69, 9.17) is 9.47 Å². The van der Waals surface area contributed by atoms with Crippen LogP contribution in [0.5, 0.6) is 5.88 Å². The largest absolute Gasteiger partial charge is 0.479 e. The van der Waals surface area contributed by atoms with Crippen LogP contribution in [0, 0.1) is 0 Å². The van der Waals surface area contributed by atoms with Gasteiger partial charge >= 0.3 is 6.03 Å². The fourth-order valence-corrected chi connectivity index (χ4v) is 1.70. The molecule has 8 heteroatoms. The number of anilines is 2. The fraction of sp³-hybridized carbons (Fsp3) is 0.615. The van der Waals surface area contributed by atoms with Crippen LogP contribution in [-0.2, 0) is 4.74 Å². The molecule has 0 bridgehead atoms. The number of methoxy groups -OCH3 is 2. The first-order valence-electron chi connectivity index (χ1n) is 6.62. The van der Waals surface area contributed by atoms with Crippen LogP contribution in [-0.4, -0.2) is 57.0 Å². The zero-order valence-electron chi connectivity index (χ0n) is 13.1. The van der Waals surface area contributed by atoms with Crippen LogP contribution >= 0.6 is 0 Å². The fourth-order valence-electron chi connectivity index (χ4n) is 1.70. The van der Waals surface area contributed by atoms with Gasteiger partial charge in [0, 0.05) is 33.9 Å². The van der Waals surface area contributed by atoms with Gasteiger partial charge in [-0.1, -0.05) is 0 Å². The molecule has 1 aromatic heterocycles. The smallest absolute Gasteiger partial charge is 0.319 e. The van der Waals surface area contributed by atoms with Crippen molar-refractivity contribution in [3.63, 3.8) is 0 Å². The van der Waals surface area contributed by atoms with Gasteiger partial charge in [-0.05, 0) is 13.3 Å². The van der Waals surface area contributed by atoms with Gasteiger partial charge in [0.2, 0.25) is 5.88 Å². The normalized spacial score (nSPS) is 11.7. The minimum absolute atomic E-state index is 0.0108. The van der Waals surface area contributed by atoms with E-state index in [1.54, 1.807) is 12.0 Å². The van der Waals surface area contributed by atoms with Gasteiger partial charge in [-0.3, -0.25) is 0 Å². The van der Waals surface area contributed by atoms with Crippen molar-refractivity contribution in [2.75, 3.05) is 45.1 Å². The number of carbonyl (C=O) groups excluding carboxylic acids is 1. The first-order valence-corrected chi connectivity index (χ1v) is 6.62. The van der Waals surface area contributed by atoms with Crippen molar-refractivity contribution in [3.05, 3.63) is 6.33 Å². The summed E-state index contributed by atoms with van der Waals surface area (Å²) in [4.78, 5) is 21.9. The lowest BCUT2D eigenvalue weighted by molar-refractivity contribution is 0.185. The topological polar surface area (TPSA) is 88.6 Å². The second-order valence-electron chi connectivity index (χ2n) is 4.76. The van der Waals surface area contributed by atoms with Gasteiger partial charge in [0.1, 0.15) is 12.0 Å². The maximum Gasteiger partial charge on any atom is 0.319 e. The van der Waals surface area contributed by atoms with Crippen molar-refractivity contribution in [1.82, 2.24) is 15.3 Å². The Morgan fingerprint density at radius 2 is 2.10 bits per heavy atom. The molecule has 1 rings (SSSR count). The molecule has 0 saturated heterocycles. The molecule has 2 amide bonds. The third-order valence-electron chi connectivity index (χ3n) is 2.78. The lowest BCUT2D eigenvalue weighted by atomic mass is 10.2. The molecule has 0 aliphatic rings. The number of urea groups is 1. The van der Waals surface area contributed by atoms with Crippen LogP contribution in [0.4, 0.5) is 16.3 Å². The number of aromatic nitrogens is 2. The highest BCUT2D eigenvalue weighted by molar-refractivity contribution is 5.94. The van der Waals surface area contributed by atoms with E-state index in [1.807, 2.05) is 21.0 Å². The second-order valence-corrected chi connectivity index (χ2v) is 4.76. The lowest BCUT2D eigenvalue weighted by Crippen LogP contribution is -2.37. The molecular formula is C13H23N5O3. The Bertz CT molecular complexity index is 467. The summed E-state index contributed by atoms with van der Waals surface area (Å²) in [5.41, 5.74) is 0.432. The van der Waals surface area contributed by atoms with Crippen LogP contribution in [0.3, 0.4) is 0 Å². The number of hydrogen-bond donors (Lipinski definition) is 2. The summed E-state index contributed by atoms with van der Waals surface area (Å²) in [5, 5.41) is 5.56.